The van der Waals surface area contributed by atoms with E-state index in [1.165, 1.54) is 11.3 Å². The van der Waals surface area contributed by atoms with Gasteiger partial charge >= 0.3 is 0 Å². The van der Waals surface area contributed by atoms with Gasteiger partial charge in [-0.3, -0.25) is 4.79 Å². The Balaban J connectivity index is 1.37. The number of nitrogens with two attached hydrogens (primary N) is 1. The normalized spacial score (nSPS) is 27.2. The number of halogens is 1. The molecule has 120 valence electrons. The molecule has 1 saturated heterocycles. The van der Waals surface area contributed by atoms with Crippen molar-refractivity contribution in [1.82, 2.24) is 4.90 Å². The Hall–Kier alpha value is -0.520. The first-order valence-electron chi connectivity index (χ1n) is 8.05. The molecule has 2 aliphatic rings. The highest BCUT2D eigenvalue weighted by Crippen LogP contribution is 2.37. The third-order valence-corrected chi connectivity index (χ3v) is 6.51. The number of nitrogens with zero attached hydrogens (tertiary/aromatic N) is 1. The van der Waals surface area contributed by atoms with Gasteiger partial charge in [0.1, 0.15) is 0 Å². The van der Waals surface area contributed by atoms with Crippen molar-refractivity contribution in [3.8, 4) is 0 Å². The standard InChI is InChI=1S/C17H23BrN2OS/c18-13-4-6-14(7-5-13)22-9-1-2-17(21)20-10-12-3-8-16(19)15(12)11-20/h4-7,12,15-16H,1-3,8-11,19H2. The van der Waals surface area contributed by atoms with Crippen molar-refractivity contribution in [3.05, 3.63) is 28.7 Å². The van der Waals surface area contributed by atoms with Gasteiger partial charge in [0.2, 0.25) is 5.91 Å². The minimum atomic E-state index is 0.316. The smallest absolute Gasteiger partial charge is 0.222 e. The maximum absolute atomic E-state index is 12.3. The van der Waals surface area contributed by atoms with Gasteiger partial charge in [0, 0.05) is 34.9 Å². The van der Waals surface area contributed by atoms with Gasteiger partial charge in [-0.05, 0) is 61.1 Å². The molecule has 3 atom stereocenters. The number of carbonyl (C=O) groups is 1. The average molecular weight is 383 g/mol. The zero-order chi connectivity index (χ0) is 15.5. The quantitative estimate of drug-likeness (QED) is 0.625. The average Bonchev–Trinajstić information content (AvgIpc) is 3.08. The van der Waals surface area contributed by atoms with Crippen LogP contribution in [0.1, 0.15) is 25.7 Å². The van der Waals surface area contributed by atoms with Crippen LogP contribution in [0.3, 0.4) is 0 Å². The van der Waals surface area contributed by atoms with Crippen molar-refractivity contribution < 1.29 is 4.79 Å². The van der Waals surface area contributed by atoms with Crippen molar-refractivity contribution in [2.24, 2.45) is 17.6 Å². The minimum Gasteiger partial charge on any atom is -0.342 e. The van der Waals surface area contributed by atoms with Crippen LogP contribution in [0.25, 0.3) is 0 Å². The monoisotopic (exact) mass is 382 g/mol. The van der Waals surface area contributed by atoms with E-state index in [-0.39, 0.29) is 0 Å². The summed E-state index contributed by atoms with van der Waals surface area (Å²) in [5, 5.41) is 0. The molecule has 0 bridgehead atoms. The van der Waals surface area contributed by atoms with Crippen LogP contribution in [0, 0.1) is 11.8 Å². The summed E-state index contributed by atoms with van der Waals surface area (Å²) in [5.74, 6) is 2.53. The number of amides is 1. The molecule has 1 heterocycles. The summed E-state index contributed by atoms with van der Waals surface area (Å²) in [6.45, 7) is 1.83. The number of likely N-dealkylation sites (tertiary alicyclic amines) is 1. The third kappa shape index (κ3) is 3.87. The molecule has 2 fully saturated rings. The lowest BCUT2D eigenvalue weighted by Gasteiger charge is -2.18. The number of hydrogen-bond acceptors (Lipinski definition) is 3. The van der Waals surface area contributed by atoms with Crippen LogP contribution < -0.4 is 5.73 Å². The van der Waals surface area contributed by atoms with Crippen LogP contribution in [-0.2, 0) is 4.79 Å². The maximum Gasteiger partial charge on any atom is 0.222 e. The van der Waals surface area contributed by atoms with E-state index in [0.717, 1.165) is 36.2 Å². The SMILES string of the molecule is NC1CCC2CN(C(=O)CCCSc3ccc(Br)cc3)CC12. The molecule has 1 aliphatic carbocycles. The number of benzene rings is 1. The molecule has 1 saturated carbocycles. The Morgan fingerprint density at radius 3 is 2.77 bits per heavy atom. The molecule has 1 aliphatic heterocycles. The van der Waals surface area contributed by atoms with E-state index >= 15 is 0 Å². The van der Waals surface area contributed by atoms with E-state index in [1.54, 1.807) is 0 Å². The van der Waals surface area contributed by atoms with Crippen LogP contribution in [0.15, 0.2) is 33.6 Å². The molecule has 1 amide bonds. The number of hydrogen-bond donors (Lipinski definition) is 1. The van der Waals surface area contributed by atoms with Gasteiger partial charge in [0.15, 0.2) is 0 Å². The van der Waals surface area contributed by atoms with E-state index in [1.807, 2.05) is 11.8 Å². The molecule has 3 nitrogen and oxygen atoms in total. The lowest BCUT2D eigenvalue weighted by atomic mass is 9.98. The van der Waals surface area contributed by atoms with Gasteiger partial charge in [-0.1, -0.05) is 15.9 Å². The molecule has 1 aromatic rings. The lowest BCUT2D eigenvalue weighted by molar-refractivity contribution is -0.130. The molecule has 5 heteroatoms. The Bertz CT molecular complexity index is 522. The maximum atomic E-state index is 12.3. The first kappa shape index (κ1) is 16.3. The third-order valence-electron chi connectivity index (χ3n) is 4.88. The fraction of sp³-hybridized carbons (Fsp3) is 0.588. The van der Waals surface area contributed by atoms with Crippen molar-refractivity contribution in [2.75, 3.05) is 18.8 Å². The molecule has 3 rings (SSSR count). The van der Waals surface area contributed by atoms with Crippen LogP contribution in [0.5, 0.6) is 0 Å². The molecule has 0 radical (unpaired) electrons. The van der Waals surface area contributed by atoms with Crippen molar-refractivity contribution in [1.29, 1.82) is 0 Å². The Morgan fingerprint density at radius 2 is 2.05 bits per heavy atom. The minimum absolute atomic E-state index is 0.316. The second-order valence-electron chi connectivity index (χ2n) is 6.37. The molecular formula is C17H23BrN2OS. The highest BCUT2D eigenvalue weighted by molar-refractivity contribution is 9.10. The summed E-state index contributed by atoms with van der Waals surface area (Å²) < 4.78 is 1.10. The predicted molar refractivity (Wildman–Crippen MR) is 94.9 cm³/mol. The highest BCUT2D eigenvalue weighted by atomic mass is 79.9. The molecular weight excluding hydrogens is 360 g/mol. The van der Waals surface area contributed by atoms with E-state index in [9.17, 15) is 4.79 Å². The van der Waals surface area contributed by atoms with Crippen molar-refractivity contribution in [3.63, 3.8) is 0 Å². The number of carbonyl (C=O) groups excluding carboxylic acids is 1. The van der Waals surface area contributed by atoms with E-state index in [0.29, 0.717) is 30.2 Å². The molecule has 1 aromatic carbocycles. The van der Waals surface area contributed by atoms with Crippen LogP contribution in [0.4, 0.5) is 0 Å². The molecule has 0 spiro atoms. The summed E-state index contributed by atoms with van der Waals surface area (Å²) in [7, 11) is 0. The Kier molecular flexibility index (Phi) is 5.47. The van der Waals surface area contributed by atoms with Gasteiger partial charge in [0.25, 0.3) is 0 Å². The summed E-state index contributed by atoms with van der Waals surface area (Å²) in [5.41, 5.74) is 6.13. The second kappa shape index (κ2) is 7.37. The molecule has 0 aromatic heterocycles. The number of fused-ring (bicyclic) bond motifs is 1. The summed E-state index contributed by atoms with van der Waals surface area (Å²) in [6, 6.07) is 8.65. The van der Waals surface area contributed by atoms with Gasteiger partial charge < -0.3 is 10.6 Å². The molecule has 2 N–H and O–H groups in total. The second-order valence-corrected chi connectivity index (χ2v) is 8.45. The van der Waals surface area contributed by atoms with Crippen molar-refractivity contribution in [2.45, 2.75) is 36.6 Å². The number of thioether (sulfide) groups is 1. The predicted octanol–water partition coefficient (Wildman–Crippen LogP) is 3.52. The first-order valence-corrected chi connectivity index (χ1v) is 9.83. The van der Waals surface area contributed by atoms with Crippen LogP contribution in [-0.4, -0.2) is 35.7 Å². The summed E-state index contributed by atoms with van der Waals surface area (Å²) in [6.07, 6.45) is 3.95. The van der Waals surface area contributed by atoms with E-state index in [2.05, 4.69) is 45.1 Å². The highest BCUT2D eigenvalue weighted by Gasteiger charge is 2.42. The largest absolute Gasteiger partial charge is 0.342 e. The van der Waals surface area contributed by atoms with Crippen LogP contribution >= 0.6 is 27.7 Å². The topological polar surface area (TPSA) is 46.3 Å². The van der Waals surface area contributed by atoms with Gasteiger partial charge in [-0.25, -0.2) is 0 Å². The Labute approximate surface area is 145 Å². The number of rotatable bonds is 5. The van der Waals surface area contributed by atoms with Gasteiger partial charge in [0.05, 0.1) is 0 Å². The summed E-state index contributed by atoms with van der Waals surface area (Å²) in [4.78, 5) is 15.6. The van der Waals surface area contributed by atoms with E-state index < -0.39 is 0 Å². The zero-order valence-corrected chi connectivity index (χ0v) is 15.1. The van der Waals surface area contributed by atoms with Gasteiger partial charge in [-0.2, -0.15) is 0 Å². The molecule has 3 unspecified atom stereocenters. The lowest BCUT2D eigenvalue weighted by Crippen LogP contribution is -2.33. The van der Waals surface area contributed by atoms with E-state index in [4.69, 9.17) is 5.73 Å². The van der Waals surface area contributed by atoms with Gasteiger partial charge in [-0.15, -0.1) is 11.8 Å². The summed E-state index contributed by atoms with van der Waals surface area (Å²) >= 11 is 5.26. The zero-order valence-electron chi connectivity index (χ0n) is 12.7. The van der Waals surface area contributed by atoms with Crippen LogP contribution in [0.2, 0.25) is 0 Å². The molecule has 22 heavy (non-hydrogen) atoms. The van der Waals surface area contributed by atoms with Crippen molar-refractivity contribution >= 4 is 33.6 Å². The Morgan fingerprint density at radius 1 is 1.27 bits per heavy atom. The fourth-order valence-electron chi connectivity index (χ4n) is 3.61. The first-order chi connectivity index (χ1) is 10.6. The fourth-order valence-corrected chi connectivity index (χ4v) is 4.73.